The number of ether oxygens (including phenoxy) is 1. The monoisotopic (exact) mass is 242 g/mol. The van der Waals surface area contributed by atoms with E-state index in [0.29, 0.717) is 4.99 Å². The number of likely N-dealkylation sites (tertiary alicyclic amines) is 1. The molecule has 0 aromatic heterocycles. The summed E-state index contributed by atoms with van der Waals surface area (Å²) in [6, 6.07) is 0.727. The van der Waals surface area contributed by atoms with Gasteiger partial charge in [-0.2, -0.15) is 0 Å². The fourth-order valence-electron chi connectivity index (χ4n) is 2.68. The Morgan fingerprint density at radius 3 is 2.38 bits per heavy atom. The van der Waals surface area contributed by atoms with E-state index in [-0.39, 0.29) is 5.41 Å². The highest BCUT2D eigenvalue weighted by atomic mass is 32.1. The van der Waals surface area contributed by atoms with Crippen LogP contribution in [-0.4, -0.2) is 42.2 Å². The Labute approximate surface area is 103 Å². The lowest BCUT2D eigenvalue weighted by Crippen LogP contribution is -2.49. The van der Waals surface area contributed by atoms with Crippen LogP contribution in [0.3, 0.4) is 0 Å². The summed E-state index contributed by atoms with van der Waals surface area (Å²) in [4.78, 5) is 3.29. The van der Waals surface area contributed by atoms with Crippen LogP contribution in [0.15, 0.2) is 0 Å². The van der Waals surface area contributed by atoms with Crippen LogP contribution < -0.4 is 5.73 Å². The molecule has 16 heavy (non-hydrogen) atoms. The second-order valence-corrected chi connectivity index (χ2v) is 5.74. The Hall–Kier alpha value is -0.190. The third-order valence-corrected chi connectivity index (χ3v) is 4.70. The van der Waals surface area contributed by atoms with Crippen molar-refractivity contribution in [2.45, 2.75) is 38.6 Å². The Morgan fingerprint density at radius 1 is 1.31 bits per heavy atom. The third kappa shape index (κ3) is 2.55. The molecule has 4 heteroatoms. The van der Waals surface area contributed by atoms with Gasteiger partial charge >= 0.3 is 0 Å². The number of rotatable bonds is 2. The Kier molecular flexibility index (Phi) is 3.82. The summed E-state index contributed by atoms with van der Waals surface area (Å²) in [5.41, 5.74) is 5.91. The highest BCUT2D eigenvalue weighted by molar-refractivity contribution is 7.80. The van der Waals surface area contributed by atoms with Crippen LogP contribution in [0.2, 0.25) is 0 Å². The second kappa shape index (κ2) is 4.98. The standard InChI is InChI=1S/C12H22N2OS/c1-12(11(13)16)4-6-14(7-5-12)10-2-8-15-9-3-10/h10H,2-9H2,1H3,(H2,13,16). The molecule has 0 unspecified atom stereocenters. The summed E-state index contributed by atoms with van der Waals surface area (Å²) >= 11 is 5.16. The minimum atomic E-state index is 0.0942. The van der Waals surface area contributed by atoms with E-state index in [2.05, 4.69) is 11.8 Å². The maximum absolute atomic E-state index is 5.82. The van der Waals surface area contributed by atoms with Crippen molar-refractivity contribution < 1.29 is 4.74 Å². The number of hydrogen-bond acceptors (Lipinski definition) is 3. The molecule has 2 saturated heterocycles. The molecule has 0 atom stereocenters. The Balaban J connectivity index is 1.87. The average Bonchev–Trinajstić information content (AvgIpc) is 2.31. The summed E-state index contributed by atoms with van der Waals surface area (Å²) in [6.45, 7) is 6.33. The maximum Gasteiger partial charge on any atom is 0.0788 e. The molecule has 2 aliphatic heterocycles. The topological polar surface area (TPSA) is 38.5 Å². The van der Waals surface area contributed by atoms with E-state index in [0.717, 1.165) is 45.2 Å². The summed E-state index contributed by atoms with van der Waals surface area (Å²) in [7, 11) is 0. The SMILES string of the molecule is CC1(C(N)=S)CCN(C2CCOCC2)CC1. The van der Waals surface area contributed by atoms with Gasteiger partial charge in [0.1, 0.15) is 0 Å². The zero-order chi connectivity index (χ0) is 11.6. The van der Waals surface area contributed by atoms with Gasteiger partial charge in [-0.25, -0.2) is 0 Å². The summed E-state index contributed by atoms with van der Waals surface area (Å²) in [5.74, 6) is 0. The second-order valence-electron chi connectivity index (χ2n) is 5.30. The van der Waals surface area contributed by atoms with E-state index >= 15 is 0 Å². The predicted octanol–water partition coefficient (Wildman–Crippen LogP) is 1.55. The summed E-state index contributed by atoms with van der Waals surface area (Å²) in [5, 5.41) is 0. The quantitative estimate of drug-likeness (QED) is 0.746. The molecule has 2 rings (SSSR count). The number of nitrogens with zero attached hydrogens (tertiary/aromatic N) is 1. The molecule has 0 saturated carbocycles. The zero-order valence-electron chi connectivity index (χ0n) is 10.1. The van der Waals surface area contributed by atoms with Crippen LogP contribution in [0.25, 0.3) is 0 Å². The van der Waals surface area contributed by atoms with E-state index in [1.165, 1.54) is 12.8 Å². The van der Waals surface area contributed by atoms with Crippen LogP contribution in [0.5, 0.6) is 0 Å². The lowest BCUT2D eigenvalue weighted by atomic mass is 9.79. The van der Waals surface area contributed by atoms with Gasteiger partial charge in [-0.1, -0.05) is 19.1 Å². The van der Waals surface area contributed by atoms with Crippen molar-refractivity contribution in [1.29, 1.82) is 0 Å². The van der Waals surface area contributed by atoms with Gasteiger partial charge in [0, 0.05) is 24.7 Å². The molecule has 0 spiro atoms. The number of thiocarbonyl (C=S) groups is 1. The molecule has 92 valence electrons. The molecule has 0 amide bonds. The Morgan fingerprint density at radius 2 is 1.88 bits per heavy atom. The molecule has 3 nitrogen and oxygen atoms in total. The van der Waals surface area contributed by atoms with Crippen LogP contribution in [0, 0.1) is 5.41 Å². The minimum Gasteiger partial charge on any atom is -0.393 e. The van der Waals surface area contributed by atoms with Gasteiger partial charge in [-0.05, 0) is 38.8 Å². The first-order valence-electron chi connectivity index (χ1n) is 6.23. The molecule has 0 aromatic rings. The molecular weight excluding hydrogens is 220 g/mol. The van der Waals surface area contributed by atoms with Gasteiger partial charge in [0.2, 0.25) is 0 Å². The van der Waals surface area contributed by atoms with Crippen molar-refractivity contribution in [1.82, 2.24) is 4.90 Å². The fraction of sp³-hybridized carbons (Fsp3) is 0.917. The summed E-state index contributed by atoms with van der Waals surface area (Å²) in [6.07, 6.45) is 4.59. The number of nitrogens with two attached hydrogens (primary N) is 1. The lowest BCUT2D eigenvalue weighted by molar-refractivity contribution is 0.0176. The van der Waals surface area contributed by atoms with Crippen molar-refractivity contribution >= 4 is 17.2 Å². The van der Waals surface area contributed by atoms with Gasteiger partial charge in [0.25, 0.3) is 0 Å². The third-order valence-electron chi connectivity index (χ3n) is 4.20. The van der Waals surface area contributed by atoms with Crippen LogP contribution in [0.1, 0.15) is 32.6 Å². The van der Waals surface area contributed by atoms with Gasteiger partial charge < -0.3 is 15.4 Å². The van der Waals surface area contributed by atoms with Crippen molar-refractivity contribution in [2.24, 2.45) is 11.1 Å². The smallest absolute Gasteiger partial charge is 0.0788 e. The normalized spacial score (nSPS) is 27.8. The number of piperidine rings is 1. The highest BCUT2D eigenvalue weighted by Gasteiger charge is 2.35. The highest BCUT2D eigenvalue weighted by Crippen LogP contribution is 2.33. The average molecular weight is 242 g/mol. The molecule has 2 heterocycles. The predicted molar refractivity (Wildman–Crippen MR) is 69.5 cm³/mol. The summed E-state index contributed by atoms with van der Waals surface area (Å²) < 4.78 is 5.40. The van der Waals surface area contributed by atoms with Gasteiger partial charge in [-0.3, -0.25) is 0 Å². The van der Waals surface area contributed by atoms with Crippen LogP contribution in [0.4, 0.5) is 0 Å². The van der Waals surface area contributed by atoms with E-state index in [9.17, 15) is 0 Å². The van der Waals surface area contributed by atoms with E-state index in [1.807, 2.05) is 0 Å². The molecule has 2 N–H and O–H groups in total. The largest absolute Gasteiger partial charge is 0.393 e. The van der Waals surface area contributed by atoms with Crippen LogP contribution in [-0.2, 0) is 4.74 Å². The van der Waals surface area contributed by atoms with Gasteiger partial charge in [0.05, 0.1) is 4.99 Å². The minimum absolute atomic E-state index is 0.0942. The van der Waals surface area contributed by atoms with Gasteiger partial charge in [-0.15, -0.1) is 0 Å². The Bertz CT molecular complexity index is 256. The zero-order valence-corrected chi connectivity index (χ0v) is 10.9. The molecule has 0 radical (unpaired) electrons. The first-order chi connectivity index (χ1) is 7.62. The van der Waals surface area contributed by atoms with Crippen molar-refractivity contribution in [3.05, 3.63) is 0 Å². The number of hydrogen-bond donors (Lipinski definition) is 1. The molecule has 0 bridgehead atoms. The lowest BCUT2D eigenvalue weighted by Gasteiger charge is -2.43. The molecule has 2 aliphatic rings. The van der Waals surface area contributed by atoms with E-state index in [1.54, 1.807) is 0 Å². The maximum atomic E-state index is 5.82. The molecule has 0 aliphatic carbocycles. The van der Waals surface area contributed by atoms with Crippen molar-refractivity contribution in [3.8, 4) is 0 Å². The van der Waals surface area contributed by atoms with E-state index < -0.39 is 0 Å². The van der Waals surface area contributed by atoms with Gasteiger partial charge in [0.15, 0.2) is 0 Å². The first-order valence-corrected chi connectivity index (χ1v) is 6.64. The molecule has 2 fully saturated rings. The van der Waals surface area contributed by atoms with Crippen LogP contribution >= 0.6 is 12.2 Å². The molecular formula is C12H22N2OS. The first kappa shape index (κ1) is 12.3. The van der Waals surface area contributed by atoms with Crippen molar-refractivity contribution in [3.63, 3.8) is 0 Å². The molecule has 0 aromatic carbocycles. The van der Waals surface area contributed by atoms with E-state index in [4.69, 9.17) is 22.7 Å². The van der Waals surface area contributed by atoms with Crippen molar-refractivity contribution in [2.75, 3.05) is 26.3 Å². The fourth-order valence-corrected chi connectivity index (χ4v) is 2.88.